The van der Waals surface area contributed by atoms with Crippen LogP contribution in [0.2, 0.25) is 0 Å². The van der Waals surface area contributed by atoms with Gasteiger partial charge in [0.1, 0.15) is 17.3 Å². The summed E-state index contributed by atoms with van der Waals surface area (Å²) in [5.41, 5.74) is 1.23. The number of carbonyl (C=O) groups excluding carboxylic acids is 2. The van der Waals surface area contributed by atoms with E-state index in [1.54, 1.807) is 55.5 Å². The third kappa shape index (κ3) is 4.93. The first-order chi connectivity index (χ1) is 16.5. The molecule has 2 aromatic rings. The number of ketones is 1. The Morgan fingerprint density at radius 1 is 1.00 bits per heavy atom. The number of carbonyl (C=O) groups is 2. The van der Waals surface area contributed by atoms with Crippen LogP contribution >= 0.6 is 0 Å². The molecule has 0 unspecified atom stereocenters. The van der Waals surface area contributed by atoms with Crippen molar-refractivity contribution >= 4 is 17.4 Å². The molecular weight excluding hydrogens is 436 g/mol. The van der Waals surface area contributed by atoms with Crippen molar-refractivity contribution in [3.63, 3.8) is 0 Å². The van der Waals surface area contributed by atoms with Crippen LogP contribution in [0.25, 0.3) is 5.76 Å². The Labute approximate surface area is 199 Å². The number of methoxy groups -OCH3 is 2. The fourth-order valence-corrected chi connectivity index (χ4v) is 4.46. The summed E-state index contributed by atoms with van der Waals surface area (Å²) in [6.07, 6.45) is 0.704. The highest BCUT2D eigenvalue weighted by Gasteiger charge is 2.45. The van der Waals surface area contributed by atoms with Gasteiger partial charge in [-0.25, -0.2) is 0 Å². The van der Waals surface area contributed by atoms with Crippen LogP contribution in [-0.4, -0.2) is 80.2 Å². The first-order valence-corrected chi connectivity index (χ1v) is 11.4. The summed E-state index contributed by atoms with van der Waals surface area (Å²) in [6.45, 7) is 4.32. The van der Waals surface area contributed by atoms with Gasteiger partial charge in [0.05, 0.1) is 39.0 Å². The highest BCUT2D eigenvalue weighted by molar-refractivity contribution is 6.46. The van der Waals surface area contributed by atoms with Gasteiger partial charge in [-0.3, -0.25) is 14.5 Å². The van der Waals surface area contributed by atoms with Crippen LogP contribution in [0.4, 0.5) is 0 Å². The van der Waals surface area contributed by atoms with E-state index in [2.05, 4.69) is 4.90 Å². The number of morpholine rings is 1. The maximum absolute atomic E-state index is 13.2. The molecule has 2 saturated heterocycles. The van der Waals surface area contributed by atoms with Gasteiger partial charge in [-0.2, -0.15) is 0 Å². The second kappa shape index (κ2) is 10.7. The van der Waals surface area contributed by atoms with Crippen LogP contribution in [0.15, 0.2) is 54.1 Å². The minimum atomic E-state index is -0.707. The van der Waals surface area contributed by atoms with E-state index in [9.17, 15) is 14.7 Å². The summed E-state index contributed by atoms with van der Waals surface area (Å²) in [4.78, 5) is 30.1. The average Bonchev–Trinajstić information content (AvgIpc) is 3.14. The predicted octanol–water partition coefficient (Wildman–Crippen LogP) is 2.85. The zero-order chi connectivity index (χ0) is 24.1. The first kappa shape index (κ1) is 23.8. The number of rotatable bonds is 8. The number of likely N-dealkylation sites (tertiary alicyclic amines) is 1. The molecule has 0 aliphatic carbocycles. The van der Waals surface area contributed by atoms with E-state index in [1.807, 2.05) is 12.1 Å². The highest BCUT2D eigenvalue weighted by atomic mass is 16.5. The lowest BCUT2D eigenvalue weighted by Gasteiger charge is -2.29. The van der Waals surface area contributed by atoms with Gasteiger partial charge in [0.15, 0.2) is 0 Å². The lowest BCUT2D eigenvalue weighted by Crippen LogP contribution is -2.38. The van der Waals surface area contributed by atoms with Crippen molar-refractivity contribution in [2.45, 2.75) is 12.5 Å². The molecule has 1 amide bonds. The van der Waals surface area contributed by atoms with Crippen molar-refractivity contribution in [3.8, 4) is 11.5 Å². The minimum absolute atomic E-state index is 0.0785. The van der Waals surface area contributed by atoms with E-state index in [0.717, 1.165) is 19.6 Å². The first-order valence-electron chi connectivity index (χ1n) is 11.4. The molecule has 180 valence electrons. The molecule has 1 atom stereocenters. The number of nitrogens with zero attached hydrogens (tertiary/aromatic N) is 2. The van der Waals surface area contributed by atoms with Crippen molar-refractivity contribution in [2.24, 2.45) is 0 Å². The Bertz CT molecular complexity index is 1060. The van der Waals surface area contributed by atoms with E-state index < -0.39 is 17.7 Å². The van der Waals surface area contributed by atoms with Crippen molar-refractivity contribution in [1.82, 2.24) is 9.80 Å². The Morgan fingerprint density at radius 3 is 2.38 bits per heavy atom. The topological polar surface area (TPSA) is 88.5 Å². The maximum Gasteiger partial charge on any atom is 0.295 e. The average molecular weight is 467 g/mol. The van der Waals surface area contributed by atoms with E-state index in [1.165, 1.54) is 0 Å². The molecule has 2 aliphatic rings. The van der Waals surface area contributed by atoms with Crippen LogP contribution < -0.4 is 9.47 Å². The number of aliphatic hydroxyl groups excluding tert-OH is 1. The van der Waals surface area contributed by atoms with E-state index >= 15 is 0 Å². The zero-order valence-corrected chi connectivity index (χ0v) is 19.5. The van der Waals surface area contributed by atoms with Gasteiger partial charge in [0.2, 0.25) is 0 Å². The van der Waals surface area contributed by atoms with Crippen LogP contribution in [0.1, 0.15) is 23.6 Å². The molecule has 0 saturated carbocycles. The van der Waals surface area contributed by atoms with Gasteiger partial charge in [-0.1, -0.05) is 12.1 Å². The molecule has 2 heterocycles. The fraction of sp³-hybridized carbons (Fsp3) is 0.385. The van der Waals surface area contributed by atoms with Gasteiger partial charge in [-0.15, -0.1) is 0 Å². The van der Waals surface area contributed by atoms with Gasteiger partial charge in [-0.05, 0) is 48.4 Å². The van der Waals surface area contributed by atoms with Crippen LogP contribution in [0.3, 0.4) is 0 Å². The SMILES string of the molecule is COc1ccc(/C(O)=C2\C(=O)C(=O)N(CCCN3CCOCC3)[C@@H]2c2cccc(OC)c2)cc1. The molecule has 8 nitrogen and oxygen atoms in total. The summed E-state index contributed by atoms with van der Waals surface area (Å²) < 4.78 is 16.0. The molecule has 34 heavy (non-hydrogen) atoms. The maximum atomic E-state index is 13.2. The van der Waals surface area contributed by atoms with Gasteiger partial charge in [0.25, 0.3) is 11.7 Å². The van der Waals surface area contributed by atoms with Gasteiger partial charge < -0.3 is 24.2 Å². The molecule has 4 rings (SSSR count). The molecule has 0 aromatic heterocycles. The predicted molar refractivity (Wildman–Crippen MR) is 127 cm³/mol. The zero-order valence-electron chi connectivity index (χ0n) is 19.5. The second-order valence-corrected chi connectivity index (χ2v) is 8.31. The van der Waals surface area contributed by atoms with E-state index in [0.29, 0.717) is 48.8 Å². The normalized spacial score (nSPS) is 20.5. The second-order valence-electron chi connectivity index (χ2n) is 8.31. The Hall–Kier alpha value is -3.36. The van der Waals surface area contributed by atoms with Gasteiger partial charge in [0, 0.05) is 31.7 Å². The molecule has 8 heteroatoms. The van der Waals surface area contributed by atoms with Crippen molar-refractivity contribution in [2.75, 3.05) is 53.6 Å². The standard InChI is InChI=1S/C26H30N2O6/c1-32-20-9-7-18(8-10-20)24(29)22-23(19-5-3-6-21(17-19)33-2)28(26(31)25(22)30)12-4-11-27-13-15-34-16-14-27/h3,5-10,17,23,29H,4,11-16H2,1-2H3/b24-22+/t23-/m1/s1. The number of benzene rings is 2. The number of aliphatic hydroxyl groups is 1. The molecule has 2 aliphatic heterocycles. The lowest BCUT2D eigenvalue weighted by atomic mass is 9.95. The number of hydrogen-bond acceptors (Lipinski definition) is 7. The largest absolute Gasteiger partial charge is 0.507 e. The van der Waals surface area contributed by atoms with Crippen LogP contribution in [0.5, 0.6) is 11.5 Å². The Morgan fingerprint density at radius 2 is 1.71 bits per heavy atom. The highest BCUT2D eigenvalue weighted by Crippen LogP contribution is 2.40. The van der Waals surface area contributed by atoms with Crippen molar-refractivity contribution < 1.29 is 28.9 Å². The Balaban J connectivity index is 1.68. The molecule has 2 fully saturated rings. The number of hydrogen-bond donors (Lipinski definition) is 1. The molecule has 0 bridgehead atoms. The third-order valence-electron chi connectivity index (χ3n) is 6.29. The minimum Gasteiger partial charge on any atom is -0.507 e. The molecule has 0 radical (unpaired) electrons. The quantitative estimate of drug-likeness (QED) is 0.364. The summed E-state index contributed by atoms with van der Waals surface area (Å²) in [5.74, 6) is -0.257. The summed E-state index contributed by atoms with van der Waals surface area (Å²) in [6, 6.07) is 13.3. The summed E-state index contributed by atoms with van der Waals surface area (Å²) in [7, 11) is 3.12. The smallest absolute Gasteiger partial charge is 0.295 e. The number of amides is 1. The van der Waals surface area contributed by atoms with Gasteiger partial charge >= 0.3 is 0 Å². The molecule has 0 spiro atoms. The van der Waals surface area contributed by atoms with Crippen molar-refractivity contribution in [3.05, 3.63) is 65.2 Å². The summed E-state index contributed by atoms with van der Waals surface area (Å²) in [5, 5.41) is 11.2. The van der Waals surface area contributed by atoms with Crippen LogP contribution in [-0.2, 0) is 14.3 Å². The summed E-state index contributed by atoms with van der Waals surface area (Å²) >= 11 is 0. The van der Waals surface area contributed by atoms with Crippen molar-refractivity contribution in [1.29, 1.82) is 0 Å². The molecular formula is C26H30N2O6. The number of ether oxygens (including phenoxy) is 3. The van der Waals surface area contributed by atoms with Crippen LogP contribution in [0, 0.1) is 0 Å². The van der Waals surface area contributed by atoms with E-state index in [4.69, 9.17) is 14.2 Å². The molecule has 1 N–H and O–H groups in total. The Kier molecular flexibility index (Phi) is 7.49. The third-order valence-corrected chi connectivity index (χ3v) is 6.29. The fourth-order valence-electron chi connectivity index (χ4n) is 4.46. The monoisotopic (exact) mass is 466 g/mol. The van der Waals surface area contributed by atoms with E-state index in [-0.39, 0.29) is 11.3 Å². The number of Topliss-reactive ketones (excluding diaryl/α,β-unsaturated/α-hetero) is 1. The lowest BCUT2D eigenvalue weighted by molar-refractivity contribution is -0.140. The molecule has 2 aromatic carbocycles.